The summed E-state index contributed by atoms with van der Waals surface area (Å²) in [4.78, 5) is 13.5. The molecule has 4 N–H and O–H groups in total. The molecule has 0 aromatic heterocycles. The Morgan fingerprint density at radius 3 is 2.44 bits per heavy atom. The summed E-state index contributed by atoms with van der Waals surface area (Å²) in [5, 5.41) is 0. The van der Waals surface area contributed by atoms with E-state index in [0.717, 1.165) is 18.7 Å². The summed E-state index contributed by atoms with van der Waals surface area (Å²) in [6, 6.07) is 6.92. The molecule has 0 heterocycles. The van der Waals surface area contributed by atoms with Crippen LogP contribution in [0.1, 0.15) is 25.5 Å². The summed E-state index contributed by atoms with van der Waals surface area (Å²) in [6.07, 6.45) is 0. The van der Waals surface area contributed by atoms with E-state index in [9.17, 15) is 4.79 Å². The molecule has 1 unspecified atom stereocenters. The lowest BCUT2D eigenvalue weighted by molar-refractivity contribution is -0.123. The molecule has 4 nitrogen and oxygen atoms in total. The average Bonchev–Trinajstić information content (AvgIpc) is 2.24. The maximum absolute atomic E-state index is 11.5. The highest BCUT2D eigenvalue weighted by molar-refractivity contribution is 5.81. The molecule has 0 fully saturated rings. The van der Waals surface area contributed by atoms with Gasteiger partial charge >= 0.3 is 0 Å². The predicted molar refractivity (Wildman–Crippen MR) is 65.7 cm³/mol. The van der Waals surface area contributed by atoms with Gasteiger partial charge in [-0.15, -0.1) is 0 Å². The van der Waals surface area contributed by atoms with E-state index in [4.69, 9.17) is 11.5 Å². The first kappa shape index (κ1) is 12.5. The number of anilines is 1. The van der Waals surface area contributed by atoms with Gasteiger partial charge in [0.15, 0.2) is 0 Å². The van der Waals surface area contributed by atoms with E-state index in [1.807, 2.05) is 30.9 Å². The van der Waals surface area contributed by atoms with Gasteiger partial charge < -0.3 is 11.5 Å². The van der Waals surface area contributed by atoms with E-state index in [1.54, 1.807) is 12.1 Å². The highest BCUT2D eigenvalue weighted by Gasteiger charge is 2.23. The van der Waals surface area contributed by atoms with Crippen molar-refractivity contribution in [1.82, 2.24) is 4.90 Å². The number of rotatable bonds is 5. The minimum atomic E-state index is -0.390. The van der Waals surface area contributed by atoms with E-state index in [1.165, 1.54) is 0 Å². The Morgan fingerprint density at radius 1 is 1.38 bits per heavy atom. The highest BCUT2D eigenvalue weighted by atomic mass is 16.1. The zero-order chi connectivity index (χ0) is 12.1. The van der Waals surface area contributed by atoms with Crippen LogP contribution in [0.25, 0.3) is 0 Å². The molecule has 1 rings (SSSR count). The molecule has 16 heavy (non-hydrogen) atoms. The third-order valence-electron chi connectivity index (χ3n) is 2.67. The lowest BCUT2D eigenvalue weighted by Gasteiger charge is -2.27. The molecule has 1 aromatic rings. The molecule has 0 spiro atoms. The SMILES string of the molecule is CCN(CC)C(C(N)=O)c1cccc(N)c1. The highest BCUT2D eigenvalue weighted by Crippen LogP contribution is 2.21. The first-order chi connectivity index (χ1) is 7.60. The van der Waals surface area contributed by atoms with Gasteiger partial charge in [0.25, 0.3) is 0 Å². The van der Waals surface area contributed by atoms with Gasteiger partial charge in [-0.25, -0.2) is 0 Å². The Bertz CT molecular complexity index is 361. The smallest absolute Gasteiger partial charge is 0.239 e. The Balaban J connectivity index is 3.06. The molecule has 0 saturated heterocycles. The topological polar surface area (TPSA) is 72.3 Å². The van der Waals surface area contributed by atoms with Gasteiger partial charge in [0.1, 0.15) is 6.04 Å². The van der Waals surface area contributed by atoms with Crippen LogP contribution in [0.15, 0.2) is 24.3 Å². The van der Waals surface area contributed by atoms with Crippen molar-refractivity contribution in [3.63, 3.8) is 0 Å². The zero-order valence-electron chi connectivity index (χ0n) is 9.81. The van der Waals surface area contributed by atoms with Crippen molar-refractivity contribution in [3.8, 4) is 0 Å². The number of likely N-dealkylation sites (N-methyl/N-ethyl adjacent to an activating group) is 1. The Hall–Kier alpha value is -1.55. The Morgan fingerprint density at radius 2 is 2.00 bits per heavy atom. The van der Waals surface area contributed by atoms with Crippen molar-refractivity contribution < 1.29 is 4.79 Å². The first-order valence-electron chi connectivity index (χ1n) is 5.49. The third-order valence-corrected chi connectivity index (χ3v) is 2.67. The summed E-state index contributed by atoms with van der Waals surface area (Å²) < 4.78 is 0. The lowest BCUT2D eigenvalue weighted by Crippen LogP contribution is -2.37. The summed E-state index contributed by atoms with van der Waals surface area (Å²) >= 11 is 0. The van der Waals surface area contributed by atoms with Crippen LogP contribution in [0, 0.1) is 0 Å². The molecule has 1 atom stereocenters. The number of nitrogen functional groups attached to an aromatic ring is 1. The van der Waals surface area contributed by atoms with Gasteiger partial charge in [-0.1, -0.05) is 26.0 Å². The van der Waals surface area contributed by atoms with Crippen molar-refractivity contribution in [2.24, 2.45) is 5.73 Å². The van der Waals surface area contributed by atoms with Crippen molar-refractivity contribution in [3.05, 3.63) is 29.8 Å². The quantitative estimate of drug-likeness (QED) is 0.732. The van der Waals surface area contributed by atoms with Crippen LogP contribution in [0.2, 0.25) is 0 Å². The number of hydrogen-bond donors (Lipinski definition) is 2. The Labute approximate surface area is 96.2 Å². The van der Waals surface area contributed by atoms with Gasteiger partial charge in [-0.2, -0.15) is 0 Å². The lowest BCUT2D eigenvalue weighted by atomic mass is 10.0. The molecule has 0 aliphatic rings. The summed E-state index contributed by atoms with van der Waals surface area (Å²) in [7, 11) is 0. The molecular weight excluding hydrogens is 202 g/mol. The maximum Gasteiger partial charge on any atom is 0.239 e. The van der Waals surface area contributed by atoms with Crippen molar-refractivity contribution >= 4 is 11.6 Å². The van der Waals surface area contributed by atoms with E-state index in [0.29, 0.717) is 5.69 Å². The van der Waals surface area contributed by atoms with E-state index < -0.39 is 6.04 Å². The molecule has 1 aromatic carbocycles. The van der Waals surface area contributed by atoms with Crippen molar-refractivity contribution in [1.29, 1.82) is 0 Å². The van der Waals surface area contributed by atoms with Gasteiger partial charge in [-0.3, -0.25) is 9.69 Å². The number of nitrogens with two attached hydrogens (primary N) is 2. The van der Waals surface area contributed by atoms with E-state index >= 15 is 0 Å². The van der Waals surface area contributed by atoms with Gasteiger partial charge in [0.05, 0.1) is 0 Å². The van der Waals surface area contributed by atoms with Gasteiger partial charge in [0, 0.05) is 5.69 Å². The number of primary amides is 1. The fourth-order valence-electron chi connectivity index (χ4n) is 1.87. The second kappa shape index (κ2) is 5.51. The molecular formula is C12H19N3O. The molecule has 4 heteroatoms. The van der Waals surface area contributed by atoms with Gasteiger partial charge in [0.2, 0.25) is 5.91 Å². The fourth-order valence-corrected chi connectivity index (χ4v) is 1.87. The number of amides is 1. The van der Waals surface area contributed by atoms with Crippen LogP contribution in [0.4, 0.5) is 5.69 Å². The monoisotopic (exact) mass is 221 g/mol. The summed E-state index contributed by atoms with van der Waals surface area (Å²) in [5.74, 6) is -0.339. The van der Waals surface area contributed by atoms with Crippen LogP contribution in [0.5, 0.6) is 0 Å². The molecule has 1 amide bonds. The Kier molecular flexibility index (Phi) is 4.31. The molecule has 88 valence electrons. The molecule has 0 radical (unpaired) electrons. The third kappa shape index (κ3) is 2.73. The standard InChI is InChI=1S/C12H19N3O/c1-3-15(4-2)11(12(14)16)9-6-5-7-10(13)8-9/h5-8,11H,3-4,13H2,1-2H3,(H2,14,16). The summed E-state index contributed by atoms with van der Waals surface area (Å²) in [6.45, 7) is 5.56. The van der Waals surface area contributed by atoms with E-state index in [2.05, 4.69) is 0 Å². The first-order valence-corrected chi connectivity index (χ1v) is 5.49. The molecule has 0 aliphatic heterocycles. The van der Waals surface area contributed by atoms with Gasteiger partial charge in [-0.05, 0) is 30.8 Å². The van der Waals surface area contributed by atoms with E-state index in [-0.39, 0.29) is 5.91 Å². The molecule has 0 bridgehead atoms. The number of carbonyl (C=O) groups excluding carboxylic acids is 1. The normalized spacial score (nSPS) is 12.7. The van der Waals surface area contributed by atoms with Crippen LogP contribution in [0.3, 0.4) is 0 Å². The van der Waals surface area contributed by atoms with Crippen LogP contribution >= 0.6 is 0 Å². The number of benzene rings is 1. The minimum Gasteiger partial charge on any atom is -0.399 e. The largest absolute Gasteiger partial charge is 0.399 e. The van der Waals surface area contributed by atoms with Crippen LogP contribution in [-0.4, -0.2) is 23.9 Å². The number of carbonyl (C=O) groups is 1. The predicted octanol–water partition coefficient (Wildman–Crippen LogP) is 1.14. The minimum absolute atomic E-state index is 0.339. The summed E-state index contributed by atoms with van der Waals surface area (Å²) in [5.41, 5.74) is 12.7. The molecule has 0 aliphatic carbocycles. The zero-order valence-corrected chi connectivity index (χ0v) is 9.81. The van der Waals surface area contributed by atoms with Crippen molar-refractivity contribution in [2.45, 2.75) is 19.9 Å². The molecule has 0 saturated carbocycles. The maximum atomic E-state index is 11.5. The van der Waals surface area contributed by atoms with Crippen LogP contribution < -0.4 is 11.5 Å². The fraction of sp³-hybridized carbons (Fsp3) is 0.417. The van der Waals surface area contributed by atoms with Crippen LogP contribution in [-0.2, 0) is 4.79 Å². The van der Waals surface area contributed by atoms with Crippen molar-refractivity contribution in [2.75, 3.05) is 18.8 Å². The number of nitrogens with zero attached hydrogens (tertiary/aromatic N) is 1. The second-order valence-corrected chi connectivity index (χ2v) is 3.70. The second-order valence-electron chi connectivity index (χ2n) is 3.70. The average molecular weight is 221 g/mol. The number of hydrogen-bond acceptors (Lipinski definition) is 3.